The molecule has 0 bridgehead atoms. The lowest BCUT2D eigenvalue weighted by Gasteiger charge is -2.27. The number of fused-ring (bicyclic) bond motifs is 9. The molecule has 56 heavy (non-hydrogen) atoms. The molecule has 2 heteroatoms. The van der Waals surface area contributed by atoms with Crippen LogP contribution in [-0.4, -0.2) is 4.57 Å². The smallest absolute Gasteiger partial charge is 0.0561 e. The van der Waals surface area contributed by atoms with Crippen molar-refractivity contribution >= 4 is 71.2 Å². The first-order chi connectivity index (χ1) is 27.8. The average molecular weight is 711 g/mol. The van der Waals surface area contributed by atoms with E-state index in [-0.39, 0.29) is 0 Å². The summed E-state index contributed by atoms with van der Waals surface area (Å²) in [6.45, 7) is 0. The molecule has 0 N–H and O–H groups in total. The molecule has 0 spiro atoms. The first-order valence-corrected chi connectivity index (χ1v) is 19.3. The van der Waals surface area contributed by atoms with Gasteiger partial charge in [0, 0.05) is 33.5 Å². The highest BCUT2D eigenvalue weighted by molar-refractivity contribution is 6.24. The van der Waals surface area contributed by atoms with Crippen molar-refractivity contribution in [3.8, 4) is 39.1 Å². The summed E-state index contributed by atoms with van der Waals surface area (Å²) in [6.07, 6.45) is 0. The molecule has 1 heterocycles. The van der Waals surface area contributed by atoms with Gasteiger partial charge in [-0.2, -0.15) is 0 Å². The molecule has 0 aliphatic heterocycles. The van der Waals surface area contributed by atoms with Gasteiger partial charge in [-0.15, -0.1) is 0 Å². The van der Waals surface area contributed by atoms with Crippen molar-refractivity contribution in [2.45, 2.75) is 0 Å². The van der Waals surface area contributed by atoms with Crippen molar-refractivity contribution in [2.24, 2.45) is 0 Å². The predicted molar refractivity (Wildman–Crippen MR) is 238 cm³/mol. The fourth-order valence-corrected chi connectivity index (χ4v) is 9.33. The van der Waals surface area contributed by atoms with Gasteiger partial charge in [-0.25, -0.2) is 0 Å². The molecule has 0 amide bonds. The largest absolute Gasteiger partial charge is 0.310 e. The van der Waals surface area contributed by atoms with Crippen LogP contribution >= 0.6 is 0 Å². The monoisotopic (exact) mass is 710 g/mol. The lowest BCUT2D eigenvalue weighted by atomic mass is 9.96. The predicted octanol–water partition coefficient (Wildman–Crippen LogP) is 15.0. The molecule has 0 unspecified atom stereocenters. The van der Waals surface area contributed by atoms with Gasteiger partial charge in [-0.1, -0.05) is 146 Å². The third-order valence-electron chi connectivity index (χ3n) is 11.8. The highest BCUT2D eigenvalue weighted by atomic mass is 15.1. The molecule has 0 fully saturated rings. The number of hydrogen-bond acceptors (Lipinski definition) is 1. The van der Waals surface area contributed by atoms with Crippen LogP contribution in [0.5, 0.6) is 0 Å². The molecular weight excluding hydrogens is 677 g/mol. The van der Waals surface area contributed by atoms with Crippen LogP contribution in [0, 0.1) is 0 Å². The van der Waals surface area contributed by atoms with Gasteiger partial charge >= 0.3 is 0 Å². The third-order valence-corrected chi connectivity index (χ3v) is 11.8. The number of nitrogens with zero attached hydrogens (tertiary/aromatic N) is 2. The second-order valence-corrected chi connectivity index (χ2v) is 14.9. The molecule has 12 rings (SSSR count). The second kappa shape index (κ2) is 12.0. The van der Waals surface area contributed by atoms with Crippen LogP contribution in [0.3, 0.4) is 0 Å². The first kappa shape index (κ1) is 31.0. The Balaban J connectivity index is 1.11. The zero-order valence-electron chi connectivity index (χ0n) is 30.5. The van der Waals surface area contributed by atoms with E-state index in [9.17, 15) is 0 Å². The Morgan fingerprint density at radius 1 is 0.321 bits per heavy atom. The summed E-state index contributed by atoms with van der Waals surface area (Å²) in [5.41, 5.74) is 14.4. The summed E-state index contributed by atoms with van der Waals surface area (Å²) in [6, 6.07) is 75.9. The van der Waals surface area contributed by atoms with Gasteiger partial charge in [0.25, 0.3) is 0 Å². The SMILES string of the molecule is c1ccc(-c2cccc(N(c3ccc4c(c3)-c3cccc5cc6ccccc6c-4c35)c3ccc4c5ccccc5n(-c5ccc6ccccc6c5)c4c3)c2)cc1. The lowest BCUT2D eigenvalue weighted by Crippen LogP contribution is -2.10. The maximum atomic E-state index is 2.44. The van der Waals surface area contributed by atoms with Crippen LogP contribution in [-0.2, 0) is 0 Å². The van der Waals surface area contributed by atoms with Gasteiger partial charge in [0.1, 0.15) is 0 Å². The van der Waals surface area contributed by atoms with E-state index in [0.717, 1.165) is 22.7 Å². The number of rotatable bonds is 5. The summed E-state index contributed by atoms with van der Waals surface area (Å²) < 4.78 is 2.43. The van der Waals surface area contributed by atoms with Crippen molar-refractivity contribution in [3.05, 3.63) is 206 Å². The Hall–Kier alpha value is -7.42. The van der Waals surface area contributed by atoms with Crippen LogP contribution < -0.4 is 4.90 Å². The van der Waals surface area contributed by atoms with Crippen LogP contribution in [0.4, 0.5) is 17.1 Å². The van der Waals surface area contributed by atoms with Crippen LogP contribution in [0.2, 0.25) is 0 Å². The molecule has 0 radical (unpaired) electrons. The van der Waals surface area contributed by atoms with E-state index >= 15 is 0 Å². The molecule has 1 aliphatic rings. The Kier molecular flexibility index (Phi) is 6.66. The van der Waals surface area contributed by atoms with E-state index in [1.807, 2.05) is 0 Å². The zero-order chi connectivity index (χ0) is 36.7. The Labute approximate surface area is 324 Å². The highest BCUT2D eigenvalue weighted by Gasteiger charge is 2.26. The summed E-state index contributed by atoms with van der Waals surface area (Å²) >= 11 is 0. The fraction of sp³-hybridized carbons (Fsp3) is 0. The topological polar surface area (TPSA) is 8.17 Å². The van der Waals surface area contributed by atoms with E-state index < -0.39 is 0 Å². The first-order valence-electron chi connectivity index (χ1n) is 19.3. The Bertz CT molecular complexity index is 3370. The molecule has 1 aromatic heterocycles. The molecule has 0 saturated carbocycles. The zero-order valence-corrected chi connectivity index (χ0v) is 30.5. The minimum atomic E-state index is 1.10. The van der Waals surface area contributed by atoms with Crippen molar-refractivity contribution in [1.82, 2.24) is 4.57 Å². The van der Waals surface area contributed by atoms with Gasteiger partial charge in [0.05, 0.1) is 11.0 Å². The van der Waals surface area contributed by atoms with Gasteiger partial charge in [0.15, 0.2) is 0 Å². The van der Waals surface area contributed by atoms with Crippen LogP contribution in [0.25, 0.3) is 93.2 Å². The molecule has 260 valence electrons. The lowest BCUT2D eigenvalue weighted by molar-refractivity contribution is 1.18. The summed E-state index contributed by atoms with van der Waals surface area (Å²) in [5, 5.41) is 10.2. The van der Waals surface area contributed by atoms with E-state index in [1.54, 1.807) is 0 Å². The minimum absolute atomic E-state index is 1.10. The maximum Gasteiger partial charge on any atom is 0.0561 e. The molecule has 11 aromatic rings. The number of benzene rings is 10. The van der Waals surface area contributed by atoms with Crippen molar-refractivity contribution in [3.63, 3.8) is 0 Å². The Morgan fingerprint density at radius 2 is 1.00 bits per heavy atom. The highest BCUT2D eigenvalue weighted by Crippen LogP contribution is 2.52. The van der Waals surface area contributed by atoms with Crippen molar-refractivity contribution in [2.75, 3.05) is 4.90 Å². The van der Waals surface area contributed by atoms with Crippen molar-refractivity contribution in [1.29, 1.82) is 0 Å². The van der Waals surface area contributed by atoms with Crippen LogP contribution in [0.1, 0.15) is 0 Å². The number of aromatic nitrogens is 1. The van der Waals surface area contributed by atoms with Gasteiger partial charge < -0.3 is 9.47 Å². The van der Waals surface area contributed by atoms with Gasteiger partial charge in [0.2, 0.25) is 0 Å². The summed E-state index contributed by atoms with van der Waals surface area (Å²) in [4.78, 5) is 2.44. The summed E-state index contributed by atoms with van der Waals surface area (Å²) in [7, 11) is 0. The van der Waals surface area contributed by atoms with E-state index in [4.69, 9.17) is 0 Å². The number of anilines is 3. The quantitative estimate of drug-likeness (QED) is 0.161. The van der Waals surface area contributed by atoms with Gasteiger partial charge in [-0.3, -0.25) is 0 Å². The van der Waals surface area contributed by atoms with E-state index in [2.05, 4.69) is 216 Å². The normalized spacial score (nSPS) is 11.9. The molecule has 10 aromatic carbocycles. The fourth-order valence-electron chi connectivity index (χ4n) is 9.33. The standard InChI is InChI=1S/C54H34N2/c1-2-12-35(13-3-1)38-17-10-19-41(31-38)55(43-27-29-49-50(33-43)48-22-11-18-40-30-39-16-6-7-20-45(39)54(49)53(40)48)44-26-28-47-46-21-8-9-23-51(46)56(52(47)34-44)42-25-24-36-14-4-5-15-37(36)32-42/h1-34H. The third kappa shape index (κ3) is 4.63. The van der Waals surface area contributed by atoms with Crippen molar-refractivity contribution < 1.29 is 0 Å². The number of hydrogen-bond donors (Lipinski definition) is 0. The van der Waals surface area contributed by atoms with Crippen LogP contribution in [0.15, 0.2) is 206 Å². The molecule has 0 saturated heterocycles. The van der Waals surface area contributed by atoms with E-state index in [0.29, 0.717) is 0 Å². The van der Waals surface area contributed by atoms with Gasteiger partial charge in [-0.05, 0) is 126 Å². The number of para-hydroxylation sites is 1. The molecule has 0 atom stereocenters. The molecule has 2 nitrogen and oxygen atoms in total. The Morgan fingerprint density at radius 3 is 1.91 bits per heavy atom. The molecule has 1 aliphatic carbocycles. The molecular formula is C54H34N2. The second-order valence-electron chi connectivity index (χ2n) is 14.9. The van der Waals surface area contributed by atoms with E-state index in [1.165, 1.54) is 87.5 Å². The minimum Gasteiger partial charge on any atom is -0.310 e. The maximum absolute atomic E-state index is 2.44. The average Bonchev–Trinajstić information content (AvgIpc) is 3.77. The summed E-state index contributed by atoms with van der Waals surface area (Å²) in [5.74, 6) is 0.